The van der Waals surface area contributed by atoms with Crippen LogP contribution in [-0.4, -0.2) is 33.7 Å². The van der Waals surface area contributed by atoms with Crippen molar-refractivity contribution in [3.63, 3.8) is 0 Å². The van der Waals surface area contributed by atoms with Crippen molar-refractivity contribution in [2.24, 2.45) is 4.99 Å². The summed E-state index contributed by atoms with van der Waals surface area (Å²) in [5.41, 5.74) is 0.823. The van der Waals surface area contributed by atoms with Crippen LogP contribution in [0.2, 0.25) is 0 Å². The van der Waals surface area contributed by atoms with Crippen LogP contribution in [-0.2, 0) is 9.59 Å². The highest BCUT2D eigenvalue weighted by atomic mass is 32.2. The third-order valence-electron chi connectivity index (χ3n) is 2.89. The lowest BCUT2D eigenvalue weighted by Gasteiger charge is -2.05. The molecule has 0 saturated carbocycles. The molecule has 1 aliphatic rings. The first-order chi connectivity index (χ1) is 11.3. The smallest absolute Gasteiger partial charge is 0.329 e. The topological polar surface area (TPSA) is 66.7 Å². The van der Waals surface area contributed by atoms with Gasteiger partial charge in [-0.05, 0) is 30.7 Å². The molecule has 1 N–H and O–H groups in total. The van der Waals surface area contributed by atoms with Crippen molar-refractivity contribution < 1.29 is 14.7 Å². The summed E-state index contributed by atoms with van der Waals surface area (Å²) >= 11 is 2.82. The van der Waals surface area contributed by atoms with Gasteiger partial charge in [0.1, 0.15) is 0 Å². The standard InChI is InChI=1S/C18H21NO3S2/c1-5-14(20)10-16(12(2)3)24-13(4)8-6-7-9-17-19-15(11-23-17)18(21)22/h6-10,15H,2,4-5,11H2,1,3H3,(H,21,22)/b8-6?,9-7?,16-10+. The summed E-state index contributed by atoms with van der Waals surface area (Å²) in [7, 11) is 0. The van der Waals surface area contributed by atoms with Crippen LogP contribution in [0.1, 0.15) is 20.3 Å². The van der Waals surface area contributed by atoms with Gasteiger partial charge in [0.2, 0.25) is 0 Å². The summed E-state index contributed by atoms with van der Waals surface area (Å²) < 4.78 is 0. The van der Waals surface area contributed by atoms with Crippen molar-refractivity contribution in [1.29, 1.82) is 0 Å². The second-order valence-electron chi connectivity index (χ2n) is 5.03. The highest BCUT2D eigenvalue weighted by Crippen LogP contribution is 2.30. The van der Waals surface area contributed by atoms with Gasteiger partial charge in [-0.1, -0.05) is 44.0 Å². The predicted octanol–water partition coefficient (Wildman–Crippen LogP) is 4.38. The second-order valence-corrected chi connectivity index (χ2v) is 7.24. The Morgan fingerprint density at radius 2 is 2.12 bits per heavy atom. The molecule has 24 heavy (non-hydrogen) atoms. The van der Waals surface area contributed by atoms with E-state index >= 15 is 0 Å². The fourth-order valence-electron chi connectivity index (χ4n) is 1.57. The fourth-order valence-corrected chi connectivity index (χ4v) is 3.29. The van der Waals surface area contributed by atoms with Crippen molar-refractivity contribution in [2.75, 3.05) is 5.75 Å². The molecule has 1 heterocycles. The zero-order valence-corrected chi connectivity index (χ0v) is 15.5. The molecule has 0 fully saturated rings. The van der Waals surface area contributed by atoms with E-state index in [-0.39, 0.29) is 5.78 Å². The van der Waals surface area contributed by atoms with E-state index in [9.17, 15) is 9.59 Å². The number of rotatable bonds is 9. The Bertz CT molecular complexity index is 657. The number of carboxylic acid groups (broad SMARTS) is 1. The molecule has 1 atom stereocenters. The first-order valence-electron chi connectivity index (χ1n) is 7.38. The Hall–Kier alpha value is -1.79. The summed E-state index contributed by atoms with van der Waals surface area (Å²) in [4.78, 5) is 28.0. The van der Waals surface area contributed by atoms with Gasteiger partial charge in [0.15, 0.2) is 11.8 Å². The lowest BCUT2D eigenvalue weighted by atomic mass is 10.2. The van der Waals surface area contributed by atoms with Gasteiger partial charge in [0, 0.05) is 22.0 Å². The zero-order valence-electron chi connectivity index (χ0n) is 13.8. The summed E-state index contributed by atoms with van der Waals surface area (Å²) in [6.45, 7) is 11.5. The molecule has 1 aliphatic heterocycles. The number of carboxylic acids is 1. The average molecular weight is 364 g/mol. The van der Waals surface area contributed by atoms with Crippen molar-refractivity contribution >= 4 is 40.3 Å². The monoisotopic (exact) mass is 363 g/mol. The Balaban J connectivity index is 2.59. The maximum Gasteiger partial charge on any atom is 0.329 e. The summed E-state index contributed by atoms with van der Waals surface area (Å²) in [5.74, 6) is -0.368. The molecule has 0 aromatic rings. The summed E-state index contributed by atoms with van der Waals surface area (Å²) in [6.07, 6.45) is 9.26. The number of nitrogens with zero attached hydrogens (tertiary/aromatic N) is 1. The first kappa shape index (κ1) is 20.3. The Morgan fingerprint density at radius 3 is 2.67 bits per heavy atom. The van der Waals surface area contributed by atoms with Crippen molar-refractivity contribution in [3.8, 4) is 0 Å². The van der Waals surface area contributed by atoms with Gasteiger partial charge < -0.3 is 5.11 Å². The largest absolute Gasteiger partial charge is 0.480 e. The predicted molar refractivity (Wildman–Crippen MR) is 105 cm³/mol. The van der Waals surface area contributed by atoms with E-state index in [0.29, 0.717) is 17.2 Å². The molecule has 128 valence electrons. The van der Waals surface area contributed by atoms with E-state index in [4.69, 9.17) is 5.11 Å². The Kier molecular flexibility index (Phi) is 8.57. The van der Waals surface area contributed by atoms with E-state index in [1.54, 1.807) is 18.2 Å². The molecular weight excluding hydrogens is 342 g/mol. The van der Waals surface area contributed by atoms with Crippen LogP contribution in [0.4, 0.5) is 0 Å². The molecule has 0 bridgehead atoms. The highest BCUT2D eigenvalue weighted by molar-refractivity contribution is 8.14. The number of aliphatic imine (C=N–C) groups is 1. The third kappa shape index (κ3) is 7.19. The van der Waals surface area contributed by atoms with E-state index in [2.05, 4.69) is 18.2 Å². The van der Waals surface area contributed by atoms with Gasteiger partial charge in [-0.3, -0.25) is 9.79 Å². The van der Waals surface area contributed by atoms with Gasteiger partial charge >= 0.3 is 5.97 Å². The van der Waals surface area contributed by atoms with E-state index in [1.807, 2.05) is 26.0 Å². The van der Waals surface area contributed by atoms with Crippen molar-refractivity contribution in [1.82, 2.24) is 0 Å². The lowest BCUT2D eigenvalue weighted by Crippen LogP contribution is -2.16. The van der Waals surface area contributed by atoms with Crippen LogP contribution < -0.4 is 0 Å². The number of hydrogen-bond donors (Lipinski definition) is 1. The maximum absolute atomic E-state index is 11.5. The zero-order chi connectivity index (χ0) is 18.1. The molecule has 0 amide bonds. The van der Waals surface area contributed by atoms with Crippen molar-refractivity contribution in [3.05, 3.63) is 58.9 Å². The Morgan fingerprint density at radius 1 is 1.42 bits per heavy atom. The molecule has 4 nitrogen and oxygen atoms in total. The number of carbonyl (C=O) groups is 2. The van der Waals surface area contributed by atoms with Crippen LogP contribution >= 0.6 is 23.5 Å². The van der Waals surface area contributed by atoms with Crippen LogP contribution in [0.5, 0.6) is 0 Å². The molecule has 0 spiro atoms. The summed E-state index contributed by atoms with van der Waals surface area (Å²) in [6, 6.07) is -0.650. The molecule has 0 radical (unpaired) electrons. The molecule has 6 heteroatoms. The van der Waals surface area contributed by atoms with Gasteiger partial charge in [-0.2, -0.15) is 0 Å². The van der Waals surface area contributed by atoms with Gasteiger partial charge in [-0.15, -0.1) is 11.8 Å². The van der Waals surface area contributed by atoms with E-state index in [1.165, 1.54) is 23.5 Å². The second kappa shape index (κ2) is 10.2. The van der Waals surface area contributed by atoms with Crippen LogP contribution in [0.3, 0.4) is 0 Å². The number of aliphatic carboxylic acids is 1. The van der Waals surface area contributed by atoms with Crippen molar-refractivity contribution in [2.45, 2.75) is 26.3 Å². The van der Waals surface area contributed by atoms with Gasteiger partial charge in [0.05, 0.1) is 5.04 Å². The van der Waals surface area contributed by atoms with E-state index in [0.717, 1.165) is 15.4 Å². The number of ketones is 1. The quantitative estimate of drug-likeness (QED) is 0.486. The van der Waals surface area contributed by atoms with Crippen LogP contribution in [0, 0.1) is 0 Å². The van der Waals surface area contributed by atoms with E-state index < -0.39 is 12.0 Å². The number of thioether (sulfide) groups is 2. The number of hydrogen-bond acceptors (Lipinski definition) is 5. The van der Waals surface area contributed by atoms with Gasteiger partial charge in [-0.25, -0.2) is 4.79 Å². The Labute approximate surface area is 151 Å². The molecule has 0 aromatic carbocycles. The summed E-state index contributed by atoms with van der Waals surface area (Å²) in [5, 5.41) is 9.58. The number of carbonyl (C=O) groups excluding carboxylic acids is 1. The SMILES string of the molecule is C=C(C=CC=CC1=NC(C(=O)O)CS1)S/C(=C/C(=O)CC)C(=C)C. The van der Waals surface area contributed by atoms with Crippen LogP contribution in [0.15, 0.2) is 63.9 Å². The minimum atomic E-state index is -0.896. The molecule has 0 aliphatic carbocycles. The highest BCUT2D eigenvalue weighted by Gasteiger charge is 2.22. The average Bonchev–Trinajstić information content (AvgIpc) is 2.99. The fraction of sp³-hybridized carbons (Fsp3) is 0.278. The lowest BCUT2D eigenvalue weighted by molar-refractivity contribution is -0.137. The minimum absolute atomic E-state index is 0.0569. The molecule has 0 saturated heterocycles. The molecule has 1 rings (SSSR count). The maximum atomic E-state index is 11.5. The molecular formula is C18H21NO3S2. The third-order valence-corrected chi connectivity index (χ3v) is 5.00. The van der Waals surface area contributed by atoms with Gasteiger partial charge in [0.25, 0.3) is 0 Å². The number of allylic oxidation sites excluding steroid dienone is 5. The van der Waals surface area contributed by atoms with Crippen LogP contribution in [0.25, 0.3) is 0 Å². The normalized spacial score (nSPS) is 18.2. The molecule has 1 unspecified atom stereocenters. The first-order valence-corrected chi connectivity index (χ1v) is 9.19. The minimum Gasteiger partial charge on any atom is -0.480 e. The molecule has 0 aromatic heterocycles.